The Hall–Kier alpha value is -0.350. The van der Waals surface area contributed by atoms with Gasteiger partial charge in [-0.25, -0.2) is 0 Å². The number of thiophene rings is 2. The topological polar surface area (TPSA) is 12.0 Å². The van der Waals surface area contributed by atoms with Gasteiger partial charge in [0.15, 0.2) is 0 Å². The van der Waals surface area contributed by atoms with Gasteiger partial charge in [-0.3, -0.25) is 0 Å². The van der Waals surface area contributed by atoms with Gasteiger partial charge < -0.3 is 5.32 Å². The SMILES string of the molecule is CCC1CCCC(NC(c2cccs2)c2ccc(Cl)s2)C1. The van der Waals surface area contributed by atoms with Gasteiger partial charge in [0.2, 0.25) is 0 Å². The molecule has 1 aliphatic rings. The van der Waals surface area contributed by atoms with Crippen LogP contribution in [0.3, 0.4) is 0 Å². The maximum atomic E-state index is 6.15. The molecule has 3 rings (SSSR count). The molecule has 1 aliphatic carbocycles. The van der Waals surface area contributed by atoms with E-state index in [2.05, 4.69) is 35.8 Å². The molecule has 2 aromatic rings. The Kier molecular flexibility index (Phi) is 5.38. The maximum absolute atomic E-state index is 6.15. The molecule has 114 valence electrons. The molecule has 21 heavy (non-hydrogen) atoms. The molecule has 2 aromatic heterocycles. The highest BCUT2D eigenvalue weighted by Gasteiger charge is 2.25. The van der Waals surface area contributed by atoms with Gasteiger partial charge in [0.05, 0.1) is 10.4 Å². The maximum Gasteiger partial charge on any atom is 0.0931 e. The summed E-state index contributed by atoms with van der Waals surface area (Å²) in [4.78, 5) is 2.73. The molecule has 1 saturated carbocycles. The van der Waals surface area contributed by atoms with Crippen molar-refractivity contribution in [3.63, 3.8) is 0 Å². The summed E-state index contributed by atoms with van der Waals surface area (Å²) in [6.45, 7) is 2.32. The van der Waals surface area contributed by atoms with Crippen LogP contribution in [0.25, 0.3) is 0 Å². The summed E-state index contributed by atoms with van der Waals surface area (Å²) < 4.78 is 0.878. The second-order valence-corrected chi connectivity index (χ2v) is 8.62. The second-order valence-electron chi connectivity index (χ2n) is 5.89. The standard InChI is InChI=1S/C17H22ClNS2/c1-2-12-5-3-6-13(11-12)19-17(14-7-4-10-20-14)15-8-9-16(18)21-15/h4,7-10,12-13,17,19H,2-3,5-6,11H2,1H3. The van der Waals surface area contributed by atoms with E-state index in [-0.39, 0.29) is 0 Å². The molecular weight excluding hydrogens is 318 g/mol. The first-order chi connectivity index (χ1) is 10.3. The van der Waals surface area contributed by atoms with E-state index < -0.39 is 0 Å². The summed E-state index contributed by atoms with van der Waals surface area (Å²) in [6, 6.07) is 9.50. The van der Waals surface area contributed by atoms with Crippen molar-refractivity contribution in [3.8, 4) is 0 Å². The van der Waals surface area contributed by atoms with Crippen molar-refractivity contribution in [1.82, 2.24) is 5.32 Å². The summed E-state index contributed by atoms with van der Waals surface area (Å²) in [5, 5.41) is 6.08. The van der Waals surface area contributed by atoms with Crippen LogP contribution < -0.4 is 5.32 Å². The van der Waals surface area contributed by atoms with E-state index in [1.165, 1.54) is 41.9 Å². The smallest absolute Gasteiger partial charge is 0.0931 e. The third-order valence-corrected chi connectivity index (χ3v) is 6.70. The summed E-state index contributed by atoms with van der Waals surface area (Å²) in [5.41, 5.74) is 0. The van der Waals surface area contributed by atoms with Crippen LogP contribution in [0.15, 0.2) is 29.6 Å². The Bertz CT molecular complexity index is 549. The summed E-state index contributed by atoms with van der Waals surface area (Å²) in [7, 11) is 0. The first kappa shape index (κ1) is 15.5. The average molecular weight is 340 g/mol. The molecule has 3 unspecified atom stereocenters. The lowest BCUT2D eigenvalue weighted by molar-refractivity contribution is 0.271. The minimum atomic E-state index is 0.308. The van der Waals surface area contributed by atoms with Gasteiger partial charge in [0.25, 0.3) is 0 Å². The summed E-state index contributed by atoms with van der Waals surface area (Å²) >= 11 is 9.68. The van der Waals surface area contributed by atoms with Crippen molar-refractivity contribution < 1.29 is 0 Å². The van der Waals surface area contributed by atoms with Crippen molar-refractivity contribution in [2.45, 2.75) is 51.1 Å². The molecule has 0 radical (unpaired) electrons. The van der Waals surface area contributed by atoms with Gasteiger partial charge in [-0.2, -0.15) is 0 Å². The normalized spacial score (nSPS) is 24.1. The molecule has 0 bridgehead atoms. The average Bonchev–Trinajstić information content (AvgIpc) is 3.16. The lowest BCUT2D eigenvalue weighted by Crippen LogP contribution is -2.36. The fraction of sp³-hybridized carbons (Fsp3) is 0.529. The highest BCUT2D eigenvalue weighted by molar-refractivity contribution is 7.16. The van der Waals surface area contributed by atoms with E-state index in [1.807, 2.05) is 17.4 Å². The van der Waals surface area contributed by atoms with E-state index in [0.29, 0.717) is 12.1 Å². The van der Waals surface area contributed by atoms with Crippen molar-refractivity contribution >= 4 is 34.3 Å². The molecule has 1 N–H and O–H groups in total. The first-order valence-electron chi connectivity index (χ1n) is 7.81. The number of rotatable bonds is 5. The molecule has 0 spiro atoms. The predicted molar refractivity (Wildman–Crippen MR) is 94.7 cm³/mol. The zero-order valence-electron chi connectivity index (χ0n) is 12.3. The summed E-state index contributed by atoms with van der Waals surface area (Å²) in [6.07, 6.45) is 6.70. The molecule has 0 aliphatic heterocycles. The molecule has 0 amide bonds. The highest BCUT2D eigenvalue weighted by Crippen LogP contribution is 2.35. The molecule has 1 fully saturated rings. The molecule has 0 saturated heterocycles. The molecule has 1 nitrogen and oxygen atoms in total. The van der Waals surface area contributed by atoms with E-state index in [4.69, 9.17) is 11.6 Å². The second kappa shape index (κ2) is 7.28. The Morgan fingerprint density at radius 1 is 1.29 bits per heavy atom. The predicted octanol–water partition coefficient (Wildman–Crippen LogP) is 6.11. The fourth-order valence-corrected chi connectivity index (χ4v) is 5.31. The molecule has 4 heteroatoms. The zero-order chi connectivity index (χ0) is 14.7. The van der Waals surface area contributed by atoms with Gasteiger partial charge in [0.1, 0.15) is 0 Å². The number of hydrogen-bond acceptors (Lipinski definition) is 3. The third-order valence-electron chi connectivity index (χ3n) is 4.47. The van der Waals surface area contributed by atoms with Gasteiger partial charge in [0, 0.05) is 15.8 Å². The van der Waals surface area contributed by atoms with E-state index >= 15 is 0 Å². The molecule has 0 aromatic carbocycles. The Morgan fingerprint density at radius 3 is 2.86 bits per heavy atom. The number of halogens is 1. The minimum absolute atomic E-state index is 0.308. The van der Waals surface area contributed by atoms with Crippen LogP contribution in [0.1, 0.15) is 54.8 Å². The van der Waals surface area contributed by atoms with Gasteiger partial charge in [-0.05, 0) is 42.3 Å². The fourth-order valence-electron chi connectivity index (χ4n) is 3.29. The van der Waals surface area contributed by atoms with Crippen LogP contribution in [0, 0.1) is 5.92 Å². The minimum Gasteiger partial charge on any atom is -0.302 e. The Labute approximate surface area is 140 Å². The van der Waals surface area contributed by atoms with Gasteiger partial charge in [-0.15, -0.1) is 22.7 Å². The van der Waals surface area contributed by atoms with Crippen molar-refractivity contribution in [1.29, 1.82) is 0 Å². The lowest BCUT2D eigenvalue weighted by Gasteiger charge is -2.32. The zero-order valence-corrected chi connectivity index (χ0v) is 14.7. The van der Waals surface area contributed by atoms with Crippen molar-refractivity contribution in [2.24, 2.45) is 5.92 Å². The molecule has 3 atom stereocenters. The third kappa shape index (κ3) is 3.89. The van der Waals surface area contributed by atoms with Crippen molar-refractivity contribution in [3.05, 3.63) is 43.7 Å². The number of hydrogen-bond donors (Lipinski definition) is 1. The first-order valence-corrected chi connectivity index (χ1v) is 9.88. The van der Waals surface area contributed by atoms with Crippen LogP contribution >= 0.6 is 34.3 Å². The largest absolute Gasteiger partial charge is 0.302 e. The quantitative estimate of drug-likeness (QED) is 0.692. The van der Waals surface area contributed by atoms with Gasteiger partial charge >= 0.3 is 0 Å². The van der Waals surface area contributed by atoms with Crippen LogP contribution in [-0.2, 0) is 0 Å². The monoisotopic (exact) mass is 339 g/mol. The van der Waals surface area contributed by atoms with Crippen LogP contribution in [0.4, 0.5) is 0 Å². The summed E-state index contributed by atoms with van der Waals surface area (Å²) in [5.74, 6) is 0.896. The lowest BCUT2D eigenvalue weighted by atomic mass is 9.84. The highest BCUT2D eigenvalue weighted by atomic mass is 35.5. The molecule has 2 heterocycles. The van der Waals surface area contributed by atoms with Crippen LogP contribution in [0.5, 0.6) is 0 Å². The van der Waals surface area contributed by atoms with Crippen LogP contribution in [0.2, 0.25) is 4.34 Å². The number of nitrogens with one attached hydrogen (secondary N) is 1. The van der Waals surface area contributed by atoms with Crippen molar-refractivity contribution in [2.75, 3.05) is 0 Å². The molecular formula is C17H22ClNS2. The van der Waals surface area contributed by atoms with Crippen LogP contribution in [-0.4, -0.2) is 6.04 Å². The van der Waals surface area contributed by atoms with Gasteiger partial charge in [-0.1, -0.05) is 43.9 Å². The van der Waals surface area contributed by atoms with E-state index in [1.54, 1.807) is 11.3 Å². The van der Waals surface area contributed by atoms with E-state index in [0.717, 1.165) is 10.3 Å². The Balaban J connectivity index is 1.76. The van der Waals surface area contributed by atoms with E-state index in [9.17, 15) is 0 Å². The Morgan fingerprint density at radius 2 is 2.19 bits per heavy atom.